The standard InChI is InChI=1S/C22H16N2O4/c1-28-22(27)17-8-6-16(7-9-17)20(25)12-13-21(26)24-18(14-23)11-10-15-4-2-3-5-19(15)24/h2-13,18H,1H3/b13-12+. The molecule has 1 aliphatic heterocycles. The second-order valence-corrected chi connectivity index (χ2v) is 5.97. The van der Waals surface area contributed by atoms with Gasteiger partial charge in [0.15, 0.2) is 5.78 Å². The second-order valence-electron chi connectivity index (χ2n) is 5.97. The predicted octanol–water partition coefficient (Wildman–Crippen LogP) is 3.16. The van der Waals surface area contributed by atoms with Crippen molar-refractivity contribution in [1.29, 1.82) is 5.26 Å². The molecule has 0 N–H and O–H groups in total. The maximum Gasteiger partial charge on any atom is 0.337 e. The largest absolute Gasteiger partial charge is 0.465 e. The van der Waals surface area contributed by atoms with E-state index in [9.17, 15) is 19.6 Å². The minimum atomic E-state index is -0.749. The maximum absolute atomic E-state index is 12.7. The van der Waals surface area contributed by atoms with E-state index in [-0.39, 0.29) is 5.78 Å². The molecule has 1 unspecified atom stereocenters. The number of nitrogens with zero attached hydrogens (tertiary/aromatic N) is 2. The number of ether oxygens (including phenoxy) is 1. The Labute approximate surface area is 162 Å². The number of anilines is 1. The summed E-state index contributed by atoms with van der Waals surface area (Å²) < 4.78 is 4.61. The second kappa shape index (κ2) is 8.14. The molecule has 138 valence electrons. The SMILES string of the molecule is COC(=O)c1ccc(C(=O)/C=C/C(=O)N2c3ccccc3C=CC2C#N)cc1. The molecule has 2 aromatic rings. The van der Waals surface area contributed by atoms with E-state index in [0.29, 0.717) is 16.8 Å². The number of esters is 1. The van der Waals surface area contributed by atoms with E-state index in [0.717, 1.165) is 17.7 Å². The first-order valence-corrected chi connectivity index (χ1v) is 8.46. The maximum atomic E-state index is 12.7. The summed E-state index contributed by atoms with van der Waals surface area (Å²) in [6.07, 6.45) is 5.74. The van der Waals surface area contributed by atoms with Gasteiger partial charge in [0.05, 0.1) is 24.4 Å². The summed E-state index contributed by atoms with van der Waals surface area (Å²) in [4.78, 5) is 37.8. The zero-order valence-corrected chi connectivity index (χ0v) is 15.0. The molecule has 6 nitrogen and oxygen atoms in total. The van der Waals surface area contributed by atoms with Crippen LogP contribution < -0.4 is 4.90 Å². The van der Waals surface area contributed by atoms with Gasteiger partial charge in [0.25, 0.3) is 5.91 Å². The summed E-state index contributed by atoms with van der Waals surface area (Å²) in [5.74, 6) is -1.36. The molecular formula is C22H16N2O4. The molecule has 6 heteroatoms. The Morgan fingerprint density at radius 2 is 1.71 bits per heavy atom. The van der Waals surface area contributed by atoms with Gasteiger partial charge in [-0.3, -0.25) is 14.5 Å². The Morgan fingerprint density at radius 1 is 1.04 bits per heavy atom. The van der Waals surface area contributed by atoms with Crippen molar-refractivity contribution < 1.29 is 19.1 Å². The highest BCUT2D eigenvalue weighted by Gasteiger charge is 2.26. The van der Waals surface area contributed by atoms with E-state index in [1.54, 1.807) is 24.3 Å². The monoisotopic (exact) mass is 372 g/mol. The predicted molar refractivity (Wildman–Crippen MR) is 104 cm³/mol. The number of nitriles is 1. The third kappa shape index (κ3) is 3.74. The summed E-state index contributed by atoms with van der Waals surface area (Å²) in [6.45, 7) is 0. The van der Waals surface area contributed by atoms with Gasteiger partial charge in [-0.15, -0.1) is 0 Å². The minimum absolute atomic E-state index is 0.326. The first kappa shape index (κ1) is 18.8. The van der Waals surface area contributed by atoms with Crippen LogP contribution >= 0.6 is 0 Å². The first-order valence-electron chi connectivity index (χ1n) is 8.46. The molecule has 1 atom stereocenters. The van der Waals surface area contributed by atoms with E-state index in [2.05, 4.69) is 10.8 Å². The molecule has 0 saturated carbocycles. The lowest BCUT2D eigenvalue weighted by Gasteiger charge is -2.29. The highest BCUT2D eigenvalue weighted by molar-refractivity contribution is 6.11. The Kier molecular flexibility index (Phi) is 5.47. The van der Waals surface area contributed by atoms with Gasteiger partial charge < -0.3 is 4.74 Å². The van der Waals surface area contributed by atoms with Crippen molar-refractivity contribution in [3.05, 3.63) is 83.4 Å². The average Bonchev–Trinajstić information content (AvgIpc) is 2.75. The van der Waals surface area contributed by atoms with Crippen LogP contribution in [-0.4, -0.2) is 30.8 Å². The third-order valence-corrected chi connectivity index (χ3v) is 4.27. The first-order chi connectivity index (χ1) is 13.5. The van der Waals surface area contributed by atoms with Crippen molar-refractivity contribution in [2.45, 2.75) is 6.04 Å². The zero-order valence-electron chi connectivity index (χ0n) is 15.0. The van der Waals surface area contributed by atoms with E-state index >= 15 is 0 Å². The van der Waals surface area contributed by atoms with Crippen LogP contribution in [-0.2, 0) is 9.53 Å². The Hall–Kier alpha value is -3.98. The molecule has 3 rings (SSSR count). The molecule has 0 radical (unpaired) electrons. The fourth-order valence-corrected chi connectivity index (χ4v) is 2.85. The lowest BCUT2D eigenvalue weighted by molar-refractivity contribution is -0.114. The van der Waals surface area contributed by atoms with E-state index in [1.165, 1.54) is 36.3 Å². The summed E-state index contributed by atoms with van der Waals surface area (Å²) in [5, 5.41) is 9.36. The number of hydrogen-bond donors (Lipinski definition) is 0. The van der Waals surface area contributed by atoms with Crippen LogP contribution in [0.4, 0.5) is 5.69 Å². The normalized spacial score (nSPS) is 15.0. The molecule has 0 saturated heterocycles. The number of ketones is 1. The molecule has 1 aliphatic rings. The molecule has 0 fully saturated rings. The summed E-state index contributed by atoms with van der Waals surface area (Å²) >= 11 is 0. The highest BCUT2D eigenvalue weighted by atomic mass is 16.5. The summed E-state index contributed by atoms with van der Waals surface area (Å²) in [5.41, 5.74) is 2.08. The van der Waals surface area contributed by atoms with Crippen molar-refractivity contribution in [2.24, 2.45) is 0 Å². The number of hydrogen-bond acceptors (Lipinski definition) is 5. The number of rotatable bonds is 4. The third-order valence-electron chi connectivity index (χ3n) is 4.27. The lowest BCUT2D eigenvalue weighted by Crippen LogP contribution is -2.39. The molecular weight excluding hydrogens is 356 g/mol. The Balaban J connectivity index is 1.79. The van der Waals surface area contributed by atoms with Crippen LogP contribution in [0.3, 0.4) is 0 Å². The number of fused-ring (bicyclic) bond motifs is 1. The van der Waals surface area contributed by atoms with Crippen LogP contribution in [0.25, 0.3) is 6.08 Å². The number of para-hydroxylation sites is 1. The molecule has 1 heterocycles. The van der Waals surface area contributed by atoms with Crippen molar-refractivity contribution in [2.75, 3.05) is 12.0 Å². The van der Waals surface area contributed by atoms with Gasteiger partial charge in [0.2, 0.25) is 0 Å². The smallest absolute Gasteiger partial charge is 0.337 e. The van der Waals surface area contributed by atoms with Gasteiger partial charge >= 0.3 is 5.97 Å². The number of allylic oxidation sites excluding steroid dienone is 1. The summed E-state index contributed by atoms with van der Waals surface area (Å²) in [7, 11) is 1.28. The number of methoxy groups -OCH3 is 1. The quantitative estimate of drug-likeness (QED) is 0.467. The molecule has 2 aromatic carbocycles. The average molecular weight is 372 g/mol. The molecule has 0 spiro atoms. The van der Waals surface area contributed by atoms with E-state index < -0.39 is 17.9 Å². The number of carbonyl (C=O) groups excluding carboxylic acids is 3. The van der Waals surface area contributed by atoms with Crippen LogP contribution in [0.2, 0.25) is 0 Å². The van der Waals surface area contributed by atoms with Crippen LogP contribution in [0.15, 0.2) is 66.8 Å². The van der Waals surface area contributed by atoms with Crippen molar-refractivity contribution in [3.8, 4) is 6.07 Å². The van der Waals surface area contributed by atoms with Gasteiger partial charge in [-0.05, 0) is 35.9 Å². The zero-order chi connectivity index (χ0) is 20.1. The van der Waals surface area contributed by atoms with Crippen LogP contribution in [0, 0.1) is 11.3 Å². The van der Waals surface area contributed by atoms with Crippen molar-refractivity contribution in [3.63, 3.8) is 0 Å². The topological polar surface area (TPSA) is 87.5 Å². The Bertz CT molecular complexity index is 1030. The number of amides is 1. The summed E-state index contributed by atoms with van der Waals surface area (Å²) in [6, 6.07) is 14.5. The van der Waals surface area contributed by atoms with Crippen LogP contribution in [0.1, 0.15) is 26.3 Å². The van der Waals surface area contributed by atoms with E-state index in [1.807, 2.05) is 12.1 Å². The molecule has 0 bridgehead atoms. The number of carbonyl (C=O) groups is 3. The fraction of sp³-hybridized carbons (Fsp3) is 0.0909. The molecule has 28 heavy (non-hydrogen) atoms. The van der Waals surface area contributed by atoms with Crippen molar-refractivity contribution in [1.82, 2.24) is 0 Å². The van der Waals surface area contributed by atoms with Gasteiger partial charge in [-0.2, -0.15) is 5.26 Å². The highest BCUT2D eigenvalue weighted by Crippen LogP contribution is 2.28. The van der Waals surface area contributed by atoms with E-state index in [4.69, 9.17) is 0 Å². The fourth-order valence-electron chi connectivity index (χ4n) is 2.85. The van der Waals surface area contributed by atoms with Crippen LogP contribution in [0.5, 0.6) is 0 Å². The van der Waals surface area contributed by atoms with Gasteiger partial charge in [0.1, 0.15) is 6.04 Å². The van der Waals surface area contributed by atoms with Gasteiger partial charge in [0, 0.05) is 11.6 Å². The van der Waals surface area contributed by atoms with Gasteiger partial charge in [-0.1, -0.05) is 36.4 Å². The molecule has 1 amide bonds. The van der Waals surface area contributed by atoms with Gasteiger partial charge in [-0.25, -0.2) is 4.79 Å². The Morgan fingerprint density at radius 3 is 2.39 bits per heavy atom. The molecule has 0 aromatic heterocycles. The molecule has 0 aliphatic carbocycles. The number of benzene rings is 2. The minimum Gasteiger partial charge on any atom is -0.465 e. The van der Waals surface area contributed by atoms with Crippen molar-refractivity contribution >= 4 is 29.4 Å². The lowest BCUT2D eigenvalue weighted by atomic mass is 10.0.